The minimum Gasteiger partial charge on any atom is -0.496 e. The van der Waals surface area contributed by atoms with E-state index in [1.54, 1.807) is 24.3 Å². The van der Waals surface area contributed by atoms with Crippen LogP contribution in [0.5, 0.6) is 5.75 Å². The number of methoxy groups -OCH3 is 1. The Bertz CT molecular complexity index is 1410. The maximum absolute atomic E-state index is 13.6. The average molecular weight is 534 g/mol. The van der Waals surface area contributed by atoms with Gasteiger partial charge in [-0.1, -0.05) is 46.9 Å². The summed E-state index contributed by atoms with van der Waals surface area (Å²) in [5.41, 5.74) is 1.52. The van der Waals surface area contributed by atoms with Crippen LogP contribution in [0.3, 0.4) is 0 Å². The number of benzene rings is 3. The van der Waals surface area contributed by atoms with Crippen LogP contribution in [0.2, 0.25) is 15.1 Å². The summed E-state index contributed by atoms with van der Waals surface area (Å²) in [6.07, 6.45) is 1.60. The van der Waals surface area contributed by atoms with Crippen LogP contribution in [0.1, 0.15) is 16.7 Å². The van der Waals surface area contributed by atoms with Crippen LogP contribution in [0, 0.1) is 5.82 Å². The molecule has 4 rings (SSSR count). The minimum absolute atomic E-state index is 0.137. The number of carbonyl (C=O) groups excluding carboxylic acids is 3. The van der Waals surface area contributed by atoms with E-state index in [0.29, 0.717) is 33.9 Å². The molecular weight excluding hydrogens is 518 g/mol. The van der Waals surface area contributed by atoms with E-state index in [-0.39, 0.29) is 27.1 Å². The summed E-state index contributed by atoms with van der Waals surface area (Å²) in [5, 5.41) is 2.81. The number of halogens is 4. The average Bonchev–Trinajstić information content (AvgIpc) is 2.80. The third-order valence-electron chi connectivity index (χ3n) is 5.24. The molecule has 178 valence electrons. The van der Waals surface area contributed by atoms with Crippen molar-refractivity contribution in [1.29, 1.82) is 0 Å². The lowest BCUT2D eigenvalue weighted by Gasteiger charge is -2.26. The molecule has 6 nitrogen and oxygen atoms in total. The highest BCUT2D eigenvalue weighted by atomic mass is 35.5. The number of hydrogen-bond donors (Lipinski definition) is 1. The zero-order valence-corrected chi connectivity index (χ0v) is 20.3. The van der Waals surface area contributed by atoms with Crippen molar-refractivity contribution in [1.82, 2.24) is 5.32 Å². The van der Waals surface area contributed by atoms with E-state index in [2.05, 4.69) is 5.32 Å². The molecule has 0 radical (unpaired) electrons. The highest BCUT2D eigenvalue weighted by molar-refractivity contribution is 6.43. The van der Waals surface area contributed by atoms with Gasteiger partial charge in [0.05, 0.1) is 22.8 Å². The maximum atomic E-state index is 13.6. The van der Waals surface area contributed by atoms with E-state index in [4.69, 9.17) is 39.5 Å². The Morgan fingerprint density at radius 2 is 1.74 bits per heavy atom. The number of urea groups is 1. The molecule has 0 atom stereocenters. The van der Waals surface area contributed by atoms with Crippen molar-refractivity contribution >= 4 is 64.4 Å². The molecule has 0 aromatic heterocycles. The van der Waals surface area contributed by atoms with Gasteiger partial charge < -0.3 is 4.74 Å². The smallest absolute Gasteiger partial charge is 0.335 e. The van der Waals surface area contributed by atoms with E-state index in [0.717, 1.165) is 4.90 Å². The monoisotopic (exact) mass is 532 g/mol. The summed E-state index contributed by atoms with van der Waals surface area (Å²) in [6, 6.07) is 12.5. The number of nitrogens with one attached hydrogen (secondary N) is 1. The molecule has 3 aromatic carbocycles. The fourth-order valence-corrected chi connectivity index (χ4v) is 4.18. The van der Waals surface area contributed by atoms with Gasteiger partial charge in [0, 0.05) is 17.0 Å². The van der Waals surface area contributed by atoms with Gasteiger partial charge in [-0.2, -0.15) is 0 Å². The number of imide groups is 2. The lowest BCUT2D eigenvalue weighted by molar-refractivity contribution is -0.122. The molecule has 35 heavy (non-hydrogen) atoms. The molecular formula is C25H16Cl3FN2O4. The number of nitrogens with zero attached hydrogens (tertiary/aromatic N) is 1. The third-order valence-corrected chi connectivity index (χ3v) is 6.32. The van der Waals surface area contributed by atoms with Gasteiger partial charge >= 0.3 is 6.03 Å². The number of barbiturate groups is 1. The van der Waals surface area contributed by atoms with E-state index < -0.39 is 17.8 Å². The number of anilines is 1. The number of hydrogen-bond acceptors (Lipinski definition) is 4. The van der Waals surface area contributed by atoms with Crippen LogP contribution in [0.25, 0.3) is 6.08 Å². The molecule has 1 saturated heterocycles. The SMILES string of the molecule is COc1cc(/C=C2\C(=O)NC(=O)N(c3ccc(Cl)c(Cl)c3)C2=O)cc(Cl)c1Cc1cccc(F)c1. The molecule has 0 bridgehead atoms. The van der Waals surface area contributed by atoms with Crippen LogP contribution >= 0.6 is 34.8 Å². The highest BCUT2D eigenvalue weighted by Crippen LogP contribution is 2.33. The number of ether oxygens (including phenoxy) is 1. The van der Waals surface area contributed by atoms with Gasteiger partial charge in [0.15, 0.2) is 0 Å². The van der Waals surface area contributed by atoms with Gasteiger partial charge in [0.25, 0.3) is 11.8 Å². The van der Waals surface area contributed by atoms with Gasteiger partial charge in [-0.25, -0.2) is 14.1 Å². The third kappa shape index (κ3) is 5.17. The molecule has 0 unspecified atom stereocenters. The first-order valence-corrected chi connectivity index (χ1v) is 11.3. The predicted molar refractivity (Wildman–Crippen MR) is 133 cm³/mol. The van der Waals surface area contributed by atoms with Crippen LogP contribution in [-0.4, -0.2) is 25.0 Å². The summed E-state index contributed by atoms with van der Waals surface area (Å²) in [6.45, 7) is 0. The topological polar surface area (TPSA) is 75.7 Å². The van der Waals surface area contributed by atoms with Crippen LogP contribution in [0.15, 0.2) is 60.2 Å². The van der Waals surface area contributed by atoms with E-state index in [1.807, 2.05) is 0 Å². The van der Waals surface area contributed by atoms with Crippen LogP contribution in [-0.2, 0) is 16.0 Å². The first kappa shape index (κ1) is 24.7. The maximum Gasteiger partial charge on any atom is 0.335 e. The van der Waals surface area contributed by atoms with Gasteiger partial charge in [-0.3, -0.25) is 14.9 Å². The second kappa shape index (κ2) is 10.1. The molecule has 10 heteroatoms. The van der Waals surface area contributed by atoms with Crippen molar-refractivity contribution < 1.29 is 23.5 Å². The Hall–Kier alpha value is -3.39. The Kier molecular flexibility index (Phi) is 7.12. The lowest BCUT2D eigenvalue weighted by Crippen LogP contribution is -2.54. The second-order valence-corrected chi connectivity index (χ2v) is 8.77. The fraction of sp³-hybridized carbons (Fsp3) is 0.0800. The van der Waals surface area contributed by atoms with Gasteiger partial charge in [0.1, 0.15) is 17.1 Å². The molecule has 0 spiro atoms. The first-order valence-electron chi connectivity index (χ1n) is 10.2. The van der Waals surface area contributed by atoms with E-state index in [9.17, 15) is 18.8 Å². The molecule has 1 N–H and O–H groups in total. The largest absolute Gasteiger partial charge is 0.496 e. The van der Waals surface area contributed by atoms with Crippen molar-refractivity contribution in [2.75, 3.05) is 12.0 Å². The second-order valence-electron chi connectivity index (χ2n) is 7.55. The van der Waals surface area contributed by atoms with Crippen LogP contribution in [0.4, 0.5) is 14.9 Å². The quantitative estimate of drug-likeness (QED) is 0.320. The van der Waals surface area contributed by atoms with E-state index >= 15 is 0 Å². The summed E-state index contributed by atoms with van der Waals surface area (Å²) >= 11 is 18.4. The van der Waals surface area contributed by atoms with Crippen molar-refractivity contribution in [3.63, 3.8) is 0 Å². The molecule has 1 heterocycles. The number of carbonyl (C=O) groups is 3. The molecule has 1 aliphatic rings. The summed E-state index contributed by atoms with van der Waals surface area (Å²) in [7, 11) is 1.45. The summed E-state index contributed by atoms with van der Waals surface area (Å²) < 4.78 is 19.1. The Labute approximate surface area is 214 Å². The van der Waals surface area contributed by atoms with E-state index in [1.165, 1.54) is 43.5 Å². The van der Waals surface area contributed by atoms with Crippen molar-refractivity contribution in [2.45, 2.75) is 6.42 Å². The Morgan fingerprint density at radius 1 is 0.971 bits per heavy atom. The van der Waals surface area contributed by atoms with Gasteiger partial charge in [0.2, 0.25) is 0 Å². The van der Waals surface area contributed by atoms with Gasteiger partial charge in [-0.15, -0.1) is 0 Å². The molecule has 0 aliphatic carbocycles. The highest BCUT2D eigenvalue weighted by Gasteiger charge is 2.37. The Morgan fingerprint density at radius 3 is 2.43 bits per heavy atom. The summed E-state index contributed by atoms with van der Waals surface area (Å²) in [4.78, 5) is 38.8. The normalized spacial score (nSPS) is 14.9. The fourth-order valence-electron chi connectivity index (χ4n) is 3.60. The predicted octanol–water partition coefficient (Wildman–Crippen LogP) is 6.05. The molecule has 0 saturated carbocycles. The van der Waals surface area contributed by atoms with Crippen molar-refractivity contribution in [2.24, 2.45) is 0 Å². The molecule has 4 amide bonds. The summed E-state index contributed by atoms with van der Waals surface area (Å²) in [5.74, 6) is -1.71. The zero-order chi connectivity index (χ0) is 25.3. The standard InChI is InChI=1S/C25H16Cl3FN2O4/c1-35-22-11-14(10-20(27)17(22)8-13-3-2-4-15(29)7-13)9-18-23(32)30-25(34)31(24(18)33)16-5-6-19(26)21(28)12-16/h2-7,9-12H,8H2,1H3,(H,30,32,34)/b18-9+. The van der Waals surface area contributed by atoms with Crippen molar-refractivity contribution in [3.05, 3.63) is 97.7 Å². The molecule has 3 aromatic rings. The minimum atomic E-state index is -0.920. The number of rotatable bonds is 5. The lowest BCUT2D eigenvalue weighted by atomic mass is 10.00. The Balaban J connectivity index is 1.71. The van der Waals surface area contributed by atoms with Crippen LogP contribution < -0.4 is 15.0 Å². The molecule has 1 aliphatic heterocycles. The van der Waals surface area contributed by atoms with Gasteiger partial charge in [-0.05, 0) is 59.7 Å². The number of amides is 4. The molecule has 1 fully saturated rings. The zero-order valence-electron chi connectivity index (χ0n) is 18.1. The first-order chi connectivity index (χ1) is 16.7. The van der Waals surface area contributed by atoms with Crippen molar-refractivity contribution in [3.8, 4) is 5.75 Å².